The highest BCUT2D eigenvalue weighted by Gasteiger charge is 2.14. The molecular formula is C10H15N3S. The minimum absolute atomic E-state index is 0.769. The zero-order valence-corrected chi connectivity index (χ0v) is 9.18. The van der Waals surface area contributed by atoms with Crippen LogP contribution in [0.1, 0.15) is 18.7 Å². The Labute approximate surface area is 88.7 Å². The fraction of sp³-hybridized carbons (Fsp3) is 0.600. The highest BCUT2D eigenvalue weighted by molar-refractivity contribution is 8.00. The van der Waals surface area contributed by atoms with Crippen molar-refractivity contribution in [3.63, 3.8) is 0 Å². The molecule has 0 saturated carbocycles. The third kappa shape index (κ3) is 2.61. The Morgan fingerprint density at radius 2 is 2.57 bits per heavy atom. The monoisotopic (exact) mass is 209 g/mol. The molecule has 1 unspecified atom stereocenters. The van der Waals surface area contributed by atoms with Gasteiger partial charge < -0.3 is 5.32 Å². The lowest BCUT2D eigenvalue weighted by Crippen LogP contribution is -2.14. The van der Waals surface area contributed by atoms with Crippen LogP contribution in [0, 0.1) is 6.92 Å². The second-order valence-corrected chi connectivity index (χ2v) is 4.91. The van der Waals surface area contributed by atoms with E-state index >= 15 is 0 Å². The van der Waals surface area contributed by atoms with E-state index in [2.05, 4.69) is 27.0 Å². The van der Waals surface area contributed by atoms with Crippen molar-refractivity contribution < 1.29 is 0 Å². The number of aryl methyl sites for hydroxylation is 1. The Balaban J connectivity index is 1.85. The summed E-state index contributed by atoms with van der Waals surface area (Å²) < 4.78 is 0. The predicted octanol–water partition coefficient (Wildman–Crippen LogP) is 2.09. The molecule has 3 nitrogen and oxygen atoms in total. The van der Waals surface area contributed by atoms with Gasteiger partial charge in [-0.3, -0.25) is 0 Å². The molecule has 0 aromatic carbocycles. The molecule has 0 spiro atoms. The van der Waals surface area contributed by atoms with Gasteiger partial charge in [-0.05, 0) is 31.6 Å². The van der Waals surface area contributed by atoms with Crippen LogP contribution >= 0.6 is 11.8 Å². The molecule has 1 aliphatic heterocycles. The molecule has 2 rings (SSSR count). The first kappa shape index (κ1) is 9.77. The number of thioether (sulfide) groups is 1. The van der Waals surface area contributed by atoms with E-state index in [1.54, 1.807) is 6.20 Å². The molecule has 0 radical (unpaired) electrons. The van der Waals surface area contributed by atoms with E-state index < -0.39 is 0 Å². The molecule has 4 heteroatoms. The van der Waals surface area contributed by atoms with Crippen molar-refractivity contribution in [3.05, 3.63) is 18.1 Å². The molecular weight excluding hydrogens is 194 g/mol. The van der Waals surface area contributed by atoms with Crippen molar-refractivity contribution in [2.24, 2.45) is 0 Å². The summed E-state index contributed by atoms with van der Waals surface area (Å²) in [7, 11) is 0. The number of nitrogens with one attached hydrogen (secondary N) is 1. The van der Waals surface area contributed by atoms with Gasteiger partial charge in [-0.2, -0.15) is 11.8 Å². The molecule has 1 saturated heterocycles. The van der Waals surface area contributed by atoms with Crippen LogP contribution in [-0.2, 0) is 0 Å². The van der Waals surface area contributed by atoms with E-state index in [0.29, 0.717) is 0 Å². The summed E-state index contributed by atoms with van der Waals surface area (Å²) in [5.74, 6) is 3.09. The zero-order chi connectivity index (χ0) is 9.80. The Morgan fingerprint density at radius 3 is 3.29 bits per heavy atom. The lowest BCUT2D eigenvalue weighted by atomic mass is 10.2. The van der Waals surface area contributed by atoms with Gasteiger partial charge in [0.1, 0.15) is 11.6 Å². The average Bonchev–Trinajstić information content (AvgIpc) is 2.67. The Bertz CT molecular complexity index is 297. The Morgan fingerprint density at radius 1 is 1.64 bits per heavy atom. The van der Waals surface area contributed by atoms with Gasteiger partial charge in [0, 0.05) is 18.0 Å². The number of hydrogen-bond donors (Lipinski definition) is 1. The molecule has 1 aromatic heterocycles. The normalized spacial score (nSPS) is 21.1. The quantitative estimate of drug-likeness (QED) is 0.827. The third-order valence-electron chi connectivity index (χ3n) is 2.31. The fourth-order valence-corrected chi connectivity index (χ4v) is 2.78. The zero-order valence-electron chi connectivity index (χ0n) is 8.36. The van der Waals surface area contributed by atoms with Gasteiger partial charge in [-0.1, -0.05) is 0 Å². The minimum atomic E-state index is 0.769. The minimum Gasteiger partial charge on any atom is -0.369 e. The van der Waals surface area contributed by atoms with E-state index in [9.17, 15) is 0 Å². The van der Waals surface area contributed by atoms with E-state index in [1.165, 1.54) is 18.6 Å². The van der Waals surface area contributed by atoms with E-state index in [4.69, 9.17) is 0 Å². The van der Waals surface area contributed by atoms with Gasteiger partial charge in [-0.25, -0.2) is 9.97 Å². The molecule has 1 fully saturated rings. The lowest BCUT2D eigenvalue weighted by molar-refractivity contribution is 0.802. The van der Waals surface area contributed by atoms with Crippen LogP contribution in [0.25, 0.3) is 0 Å². The van der Waals surface area contributed by atoms with Gasteiger partial charge in [0.25, 0.3) is 0 Å². The topological polar surface area (TPSA) is 37.8 Å². The van der Waals surface area contributed by atoms with Gasteiger partial charge in [0.05, 0.1) is 0 Å². The van der Waals surface area contributed by atoms with E-state index in [-0.39, 0.29) is 0 Å². The Hall–Kier alpha value is -0.770. The number of nitrogens with zero attached hydrogens (tertiary/aromatic N) is 2. The van der Waals surface area contributed by atoms with Gasteiger partial charge in [0.15, 0.2) is 0 Å². The van der Waals surface area contributed by atoms with Crippen LogP contribution < -0.4 is 5.32 Å². The maximum atomic E-state index is 4.30. The first-order valence-electron chi connectivity index (χ1n) is 5.00. The standard InChI is InChI=1S/C10H15N3S/c1-8-11-5-4-10(13-8)12-7-9-3-2-6-14-9/h4-5,9H,2-3,6-7H2,1H3,(H,11,12,13). The fourth-order valence-electron chi connectivity index (χ4n) is 1.58. The van der Waals surface area contributed by atoms with Crippen molar-refractivity contribution in [1.29, 1.82) is 0 Å². The molecule has 76 valence electrons. The maximum Gasteiger partial charge on any atom is 0.129 e. The molecule has 0 aliphatic carbocycles. The molecule has 14 heavy (non-hydrogen) atoms. The van der Waals surface area contributed by atoms with Gasteiger partial charge in [-0.15, -0.1) is 0 Å². The van der Waals surface area contributed by atoms with E-state index in [1.807, 2.05) is 13.0 Å². The summed E-state index contributed by atoms with van der Waals surface area (Å²) in [4.78, 5) is 8.37. The summed E-state index contributed by atoms with van der Waals surface area (Å²) in [6.45, 7) is 2.94. The summed E-state index contributed by atoms with van der Waals surface area (Å²) in [6, 6.07) is 1.92. The predicted molar refractivity (Wildman–Crippen MR) is 60.7 cm³/mol. The molecule has 1 N–H and O–H groups in total. The van der Waals surface area contributed by atoms with Crippen LogP contribution in [0.2, 0.25) is 0 Å². The summed E-state index contributed by atoms with van der Waals surface area (Å²) in [6.07, 6.45) is 4.49. The number of aromatic nitrogens is 2. The van der Waals surface area contributed by atoms with Crippen molar-refractivity contribution in [2.75, 3.05) is 17.6 Å². The van der Waals surface area contributed by atoms with Crippen LogP contribution in [0.5, 0.6) is 0 Å². The van der Waals surface area contributed by atoms with Crippen molar-refractivity contribution in [3.8, 4) is 0 Å². The van der Waals surface area contributed by atoms with Crippen LogP contribution in [0.4, 0.5) is 5.82 Å². The average molecular weight is 209 g/mol. The largest absolute Gasteiger partial charge is 0.369 e. The second kappa shape index (κ2) is 4.64. The molecule has 1 atom stereocenters. The highest BCUT2D eigenvalue weighted by Crippen LogP contribution is 2.25. The van der Waals surface area contributed by atoms with E-state index in [0.717, 1.165) is 23.4 Å². The Kier molecular flexibility index (Phi) is 3.24. The first-order chi connectivity index (χ1) is 6.84. The second-order valence-electron chi connectivity index (χ2n) is 3.51. The van der Waals surface area contributed by atoms with Crippen molar-refractivity contribution >= 4 is 17.6 Å². The van der Waals surface area contributed by atoms with Crippen LogP contribution in [-0.4, -0.2) is 27.5 Å². The third-order valence-corrected chi connectivity index (χ3v) is 3.71. The number of hydrogen-bond acceptors (Lipinski definition) is 4. The first-order valence-corrected chi connectivity index (χ1v) is 6.04. The molecule has 2 heterocycles. The highest BCUT2D eigenvalue weighted by atomic mass is 32.2. The van der Waals surface area contributed by atoms with Gasteiger partial charge in [0.2, 0.25) is 0 Å². The van der Waals surface area contributed by atoms with Crippen LogP contribution in [0.3, 0.4) is 0 Å². The molecule has 0 bridgehead atoms. The smallest absolute Gasteiger partial charge is 0.129 e. The molecule has 1 aliphatic rings. The number of anilines is 1. The molecule has 1 aromatic rings. The lowest BCUT2D eigenvalue weighted by Gasteiger charge is -2.10. The van der Waals surface area contributed by atoms with Crippen LogP contribution in [0.15, 0.2) is 12.3 Å². The SMILES string of the molecule is Cc1nccc(NCC2CCCS2)n1. The molecule has 0 amide bonds. The van der Waals surface area contributed by atoms with Gasteiger partial charge >= 0.3 is 0 Å². The summed E-state index contributed by atoms with van der Waals surface area (Å²) in [5.41, 5.74) is 0. The van der Waals surface area contributed by atoms with Crippen molar-refractivity contribution in [1.82, 2.24) is 9.97 Å². The summed E-state index contributed by atoms with van der Waals surface area (Å²) in [5, 5.41) is 4.12. The maximum absolute atomic E-state index is 4.30. The summed E-state index contributed by atoms with van der Waals surface area (Å²) >= 11 is 2.06. The number of rotatable bonds is 3. The van der Waals surface area contributed by atoms with Crippen molar-refractivity contribution in [2.45, 2.75) is 25.0 Å².